The number of carbonyl (C=O) groups excluding carboxylic acids is 1. The molecule has 4 nitrogen and oxygen atoms in total. The van der Waals surface area contributed by atoms with Crippen molar-refractivity contribution in [2.24, 2.45) is 22.7 Å². The zero-order chi connectivity index (χ0) is 24.4. The van der Waals surface area contributed by atoms with E-state index in [0.29, 0.717) is 6.42 Å². The molecule has 2 fully saturated rings. The summed E-state index contributed by atoms with van der Waals surface area (Å²) in [5.41, 5.74) is 0.126. The van der Waals surface area contributed by atoms with E-state index >= 15 is 0 Å². The van der Waals surface area contributed by atoms with Crippen molar-refractivity contribution in [3.8, 4) is 0 Å². The topological polar surface area (TPSA) is 66.8 Å². The lowest BCUT2D eigenvalue weighted by Crippen LogP contribution is -2.70. The van der Waals surface area contributed by atoms with Crippen molar-refractivity contribution in [3.63, 3.8) is 0 Å². The minimum atomic E-state index is -1.38. The van der Waals surface area contributed by atoms with Gasteiger partial charge in [-0.15, -0.1) is 0 Å². The molecular weight excluding hydrogens is 412 g/mol. The van der Waals surface area contributed by atoms with Crippen molar-refractivity contribution in [2.75, 3.05) is 0 Å². The fourth-order valence-electron chi connectivity index (χ4n) is 6.73. The Morgan fingerprint density at radius 2 is 1.85 bits per heavy atom. The van der Waals surface area contributed by atoms with Gasteiger partial charge < -0.3 is 14.9 Å². The monoisotopic (exact) mass is 452 g/mol. The first-order chi connectivity index (χ1) is 15.4. The van der Waals surface area contributed by atoms with E-state index in [4.69, 9.17) is 4.74 Å². The number of ether oxygens (including phenoxy) is 1. The van der Waals surface area contributed by atoms with Gasteiger partial charge in [0.1, 0.15) is 5.60 Å². The average molecular weight is 453 g/mol. The van der Waals surface area contributed by atoms with Crippen LogP contribution in [0.3, 0.4) is 0 Å². The van der Waals surface area contributed by atoms with E-state index in [2.05, 4.69) is 33.4 Å². The number of carbonyl (C=O) groups is 1. The third-order valence-corrected chi connectivity index (χ3v) is 8.27. The summed E-state index contributed by atoms with van der Waals surface area (Å²) in [5.74, 6) is -0.835. The van der Waals surface area contributed by atoms with Crippen LogP contribution in [0.15, 0.2) is 60.7 Å². The molecule has 3 rings (SSSR count). The Kier molecular flexibility index (Phi) is 7.40. The number of rotatable bonds is 6. The predicted molar refractivity (Wildman–Crippen MR) is 133 cm³/mol. The first kappa shape index (κ1) is 25.5. The summed E-state index contributed by atoms with van der Waals surface area (Å²) in [6.45, 7) is 14.1. The Labute approximate surface area is 199 Å². The second kappa shape index (κ2) is 9.60. The zero-order valence-electron chi connectivity index (χ0n) is 20.8. The Balaban J connectivity index is 1.96. The highest BCUT2D eigenvalue weighted by Gasteiger charge is 2.66. The molecule has 4 heteroatoms. The highest BCUT2D eigenvalue weighted by atomic mass is 16.6. The maximum Gasteiger partial charge on any atom is 0.331 e. The molecular formula is C29H40O4. The van der Waals surface area contributed by atoms with Gasteiger partial charge in [0.25, 0.3) is 0 Å². The van der Waals surface area contributed by atoms with Gasteiger partial charge in [0, 0.05) is 12.0 Å². The van der Waals surface area contributed by atoms with Gasteiger partial charge in [-0.05, 0) is 61.5 Å². The fraction of sp³-hybridized carbons (Fsp3) is 0.552. The SMILES string of the molecule is C=C/C(C)=C/C[C@@H]1[C@@](C)(O)[C@H](OC(=O)/C=C/c2ccccc2)[C@@H](O)[C@@H]2C(C)(C)CCC[C@]21C. The average Bonchev–Trinajstić information content (AvgIpc) is 2.74. The number of aliphatic hydroxyl groups is 2. The molecule has 0 amide bonds. The van der Waals surface area contributed by atoms with E-state index in [0.717, 1.165) is 30.4 Å². The third kappa shape index (κ3) is 5.02. The largest absolute Gasteiger partial charge is 0.453 e. The Hall–Kier alpha value is -2.17. The normalized spacial score (nSPS) is 36.3. The van der Waals surface area contributed by atoms with Gasteiger partial charge in [-0.1, -0.05) is 81.8 Å². The van der Waals surface area contributed by atoms with Crippen molar-refractivity contribution in [2.45, 2.75) is 78.1 Å². The number of esters is 1. The molecule has 6 atom stereocenters. The van der Waals surface area contributed by atoms with Crippen molar-refractivity contribution in [1.82, 2.24) is 0 Å². The van der Waals surface area contributed by atoms with Gasteiger partial charge in [-0.3, -0.25) is 0 Å². The van der Waals surface area contributed by atoms with Crippen LogP contribution in [0, 0.1) is 22.7 Å². The van der Waals surface area contributed by atoms with Gasteiger partial charge in [0.2, 0.25) is 0 Å². The molecule has 33 heavy (non-hydrogen) atoms. The lowest BCUT2D eigenvalue weighted by Gasteiger charge is -2.64. The molecule has 0 spiro atoms. The maximum atomic E-state index is 12.8. The number of hydrogen-bond acceptors (Lipinski definition) is 4. The fourth-order valence-corrected chi connectivity index (χ4v) is 6.73. The number of fused-ring (bicyclic) bond motifs is 1. The molecule has 2 saturated carbocycles. The highest BCUT2D eigenvalue weighted by Crippen LogP contribution is 2.63. The predicted octanol–water partition coefficient (Wildman–Crippen LogP) is 5.71. The molecule has 1 aromatic carbocycles. The second-order valence-electron chi connectivity index (χ2n) is 11.1. The van der Waals surface area contributed by atoms with Gasteiger partial charge >= 0.3 is 5.97 Å². The third-order valence-electron chi connectivity index (χ3n) is 8.27. The molecule has 0 radical (unpaired) electrons. The summed E-state index contributed by atoms with van der Waals surface area (Å²) in [5, 5.41) is 23.4. The van der Waals surface area contributed by atoms with E-state index < -0.39 is 23.8 Å². The molecule has 0 bridgehead atoms. The first-order valence-corrected chi connectivity index (χ1v) is 12.1. The quantitative estimate of drug-likeness (QED) is 0.330. The zero-order valence-corrected chi connectivity index (χ0v) is 20.8. The molecule has 0 unspecified atom stereocenters. The maximum absolute atomic E-state index is 12.8. The van der Waals surface area contributed by atoms with Crippen LogP contribution in [0.5, 0.6) is 0 Å². The minimum absolute atomic E-state index is 0.0997. The van der Waals surface area contributed by atoms with E-state index in [1.165, 1.54) is 6.08 Å². The van der Waals surface area contributed by atoms with E-state index in [9.17, 15) is 15.0 Å². The van der Waals surface area contributed by atoms with Crippen LogP contribution in [-0.2, 0) is 9.53 Å². The first-order valence-electron chi connectivity index (χ1n) is 12.1. The highest BCUT2D eigenvalue weighted by molar-refractivity contribution is 5.87. The minimum Gasteiger partial charge on any atom is -0.453 e. The van der Waals surface area contributed by atoms with Crippen molar-refractivity contribution < 1.29 is 19.7 Å². The van der Waals surface area contributed by atoms with Gasteiger partial charge in [0.05, 0.1) is 6.10 Å². The van der Waals surface area contributed by atoms with E-state index in [1.807, 2.05) is 43.3 Å². The Morgan fingerprint density at radius 3 is 2.48 bits per heavy atom. The lowest BCUT2D eigenvalue weighted by atomic mass is 9.43. The van der Waals surface area contributed by atoms with Gasteiger partial charge in [0.15, 0.2) is 6.10 Å². The molecule has 2 N–H and O–H groups in total. The molecule has 0 aliphatic heterocycles. The molecule has 0 aromatic heterocycles. The molecule has 2 aliphatic rings. The van der Waals surface area contributed by atoms with Crippen LogP contribution in [-0.4, -0.2) is 34.0 Å². The standard InChI is InChI=1S/C29H40O4/c1-7-20(2)14-16-22-28(5)19-11-18-27(3,4)25(28)24(31)26(29(22,6)32)33-23(30)17-15-21-12-9-8-10-13-21/h7-10,12-15,17,22,24-26,31-32H,1,11,16,18-19H2,2-6H3/b17-15+,20-14+/t22-,24-,25+,26+,28-,29+/m0/s1. The second-order valence-corrected chi connectivity index (χ2v) is 11.1. The van der Waals surface area contributed by atoms with Crippen LogP contribution in [0.1, 0.15) is 65.9 Å². The summed E-state index contributed by atoms with van der Waals surface area (Å²) < 4.78 is 5.82. The van der Waals surface area contributed by atoms with E-state index in [1.54, 1.807) is 13.0 Å². The molecule has 0 saturated heterocycles. The van der Waals surface area contributed by atoms with E-state index in [-0.39, 0.29) is 22.7 Å². The Morgan fingerprint density at radius 1 is 1.18 bits per heavy atom. The summed E-state index contributed by atoms with van der Waals surface area (Å²) in [7, 11) is 0. The summed E-state index contributed by atoms with van der Waals surface area (Å²) >= 11 is 0. The number of benzene rings is 1. The van der Waals surface area contributed by atoms with Crippen LogP contribution in [0.4, 0.5) is 0 Å². The number of allylic oxidation sites excluding steroid dienone is 3. The van der Waals surface area contributed by atoms with Crippen LogP contribution >= 0.6 is 0 Å². The molecule has 180 valence electrons. The lowest BCUT2D eigenvalue weighted by molar-refractivity contribution is -0.270. The smallest absolute Gasteiger partial charge is 0.331 e. The Bertz CT molecular complexity index is 911. The molecule has 2 aliphatic carbocycles. The number of hydrogen-bond donors (Lipinski definition) is 2. The van der Waals surface area contributed by atoms with Gasteiger partial charge in [-0.2, -0.15) is 0 Å². The summed E-state index contributed by atoms with van der Waals surface area (Å²) in [6.07, 6.45) is 8.61. The number of aliphatic hydroxyl groups excluding tert-OH is 1. The van der Waals surface area contributed by atoms with Crippen LogP contribution in [0.2, 0.25) is 0 Å². The molecule has 1 aromatic rings. The van der Waals surface area contributed by atoms with Gasteiger partial charge in [-0.25, -0.2) is 4.79 Å². The van der Waals surface area contributed by atoms with Crippen molar-refractivity contribution in [3.05, 3.63) is 66.3 Å². The molecule has 0 heterocycles. The van der Waals surface area contributed by atoms with Crippen LogP contribution in [0.25, 0.3) is 6.08 Å². The van der Waals surface area contributed by atoms with Crippen molar-refractivity contribution in [1.29, 1.82) is 0 Å². The summed E-state index contributed by atoms with van der Waals surface area (Å²) in [4.78, 5) is 12.8. The van der Waals surface area contributed by atoms with Crippen LogP contribution < -0.4 is 0 Å². The summed E-state index contributed by atoms with van der Waals surface area (Å²) in [6, 6.07) is 9.51. The van der Waals surface area contributed by atoms with Crippen molar-refractivity contribution >= 4 is 12.0 Å².